The average molecular weight is 334 g/mol. The summed E-state index contributed by atoms with van der Waals surface area (Å²) in [6.45, 7) is 8.27. The summed E-state index contributed by atoms with van der Waals surface area (Å²) in [5.74, 6) is -1.05. The van der Waals surface area contributed by atoms with E-state index in [2.05, 4.69) is 20.8 Å². The number of aryl methyl sites for hydroxylation is 1. The van der Waals surface area contributed by atoms with Crippen molar-refractivity contribution in [1.82, 2.24) is 0 Å². The van der Waals surface area contributed by atoms with Crippen LogP contribution in [0.15, 0.2) is 18.2 Å². The monoisotopic (exact) mass is 334 g/mol. The van der Waals surface area contributed by atoms with Gasteiger partial charge in [0.1, 0.15) is 6.10 Å². The third-order valence-corrected chi connectivity index (χ3v) is 4.18. The van der Waals surface area contributed by atoms with Crippen molar-refractivity contribution >= 4 is 11.9 Å². The van der Waals surface area contributed by atoms with Crippen molar-refractivity contribution < 1.29 is 19.4 Å². The highest BCUT2D eigenvalue weighted by molar-refractivity contribution is 6.03. The zero-order valence-electron chi connectivity index (χ0n) is 15.3. The van der Waals surface area contributed by atoms with E-state index in [0.717, 1.165) is 32.1 Å². The lowest BCUT2D eigenvalue weighted by molar-refractivity contribution is 0.0238. The zero-order chi connectivity index (χ0) is 18.1. The molecule has 0 aliphatic rings. The van der Waals surface area contributed by atoms with Gasteiger partial charge in [-0.05, 0) is 43.2 Å². The van der Waals surface area contributed by atoms with Crippen LogP contribution in [0.4, 0.5) is 0 Å². The van der Waals surface area contributed by atoms with Gasteiger partial charge >= 0.3 is 11.9 Å². The van der Waals surface area contributed by atoms with Crippen LogP contribution in [0.1, 0.15) is 86.1 Å². The maximum Gasteiger partial charge on any atom is 0.339 e. The van der Waals surface area contributed by atoms with Crippen LogP contribution in [0.25, 0.3) is 0 Å². The molecule has 4 nitrogen and oxygen atoms in total. The van der Waals surface area contributed by atoms with Crippen LogP contribution in [0.2, 0.25) is 0 Å². The number of carbonyl (C=O) groups excluding carboxylic acids is 1. The lowest BCUT2D eigenvalue weighted by Gasteiger charge is -2.20. The molecule has 1 aromatic carbocycles. The highest BCUT2D eigenvalue weighted by Gasteiger charge is 2.23. The molecule has 1 atom stereocenters. The molecule has 0 spiro atoms. The van der Waals surface area contributed by atoms with Gasteiger partial charge in [-0.1, -0.05) is 52.7 Å². The molecule has 24 heavy (non-hydrogen) atoms. The van der Waals surface area contributed by atoms with E-state index in [1.807, 2.05) is 6.92 Å². The van der Waals surface area contributed by atoms with Crippen LogP contribution >= 0.6 is 0 Å². The summed E-state index contributed by atoms with van der Waals surface area (Å²) < 4.78 is 5.68. The van der Waals surface area contributed by atoms with E-state index in [1.165, 1.54) is 0 Å². The first-order valence-electron chi connectivity index (χ1n) is 8.96. The second kappa shape index (κ2) is 10.1. The first-order chi connectivity index (χ1) is 11.4. The molecular weight excluding hydrogens is 304 g/mol. The summed E-state index contributed by atoms with van der Waals surface area (Å²) in [6.07, 6.45) is 5.09. The number of hydrogen-bond acceptors (Lipinski definition) is 3. The van der Waals surface area contributed by atoms with Crippen LogP contribution in [0.5, 0.6) is 0 Å². The lowest BCUT2D eigenvalue weighted by Crippen LogP contribution is -2.21. The first kappa shape index (κ1) is 20.2. The molecule has 0 aliphatic carbocycles. The van der Waals surface area contributed by atoms with Gasteiger partial charge in [0.05, 0.1) is 11.1 Å². The largest absolute Gasteiger partial charge is 0.478 e. The Labute approximate surface area is 145 Å². The summed E-state index contributed by atoms with van der Waals surface area (Å²) in [7, 11) is 0. The Balaban J connectivity index is 2.96. The fourth-order valence-electron chi connectivity index (χ4n) is 2.75. The van der Waals surface area contributed by atoms with Crippen molar-refractivity contribution in [1.29, 1.82) is 0 Å². The molecule has 0 aromatic heterocycles. The number of benzene rings is 1. The molecule has 0 aliphatic heterocycles. The Hall–Kier alpha value is -1.84. The summed E-state index contributed by atoms with van der Waals surface area (Å²) in [4.78, 5) is 24.1. The van der Waals surface area contributed by atoms with Crippen molar-refractivity contribution in [2.75, 3.05) is 0 Å². The highest BCUT2D eigenvalue weighted by Crippen LogP contribution is 2.21. The lowest BCUT2D eigenvalue weighted by atomic mass is 9.98. The minimum absolute atomic E-state index is 0.0723. The summed E-state index contributed by atoms with van der Waals surface area (Å²) in [6, 6.07) is 5.01. The molecule has 134 valence electrons. The van der Waals surface area contributed by atoms with E-state index in [9.17, 15) is 14.7 Å². The minimum Gasteiger partial charge on any atom is -0.478 e. The van der Waals surface area contributed by atoms with Gasteiger partial charge in [-0.25, -0.2) is 9.59 Å². The number of carbonyl (C=O) groups is 2. The molecular formula is C20H30O4. The number of carboxylic acids is 1. The van der Waals surface area contributed by atoms with Gasteiger partial charge in [-0.15, -0.1) is 0 Å². The number of esters is 1. The van der Waals surface area contributed by atoms with Gasteiger partial charge in [0.25, 0.3) is 0 Å². The summed E-state index contributed by atoms with van der Waals surface area (Å²) >= 11 is 0. The molecule has 0 amide bonds. The minimum atomic E-state index is -1.08. The normalized spacial score (nSPS) is 12.2. The van der Waals surface area contributed by atoms with Gasteiger partial charge in [0.15, 0.2) is 0 Å². The Morgan fingerprint density at radius 1 is 1.12 bits per heavy atom. The molecule has 0 fully saturated rings. The molecule has 0 saturated carbocycles. The first-order valence-corrected chi connectivity index (χ1v) is 8.96. The van der Waals surface area contributed by atoms with Crippen molar-refractivity contribution in [3.63, 3.8) is 0 Å². The zero-order valence-corrected chi connectivity index (χ0v) is 15.3. The molecule has 1 aromatic rings. The maximum absolute atomic E-state index is 12.6. The standard InChI is InChI=1S/C20H30O4/c1-5-7-10-16(13-12-14(3)4)24-20(23)17-11-8-9-15(6-2)18(17)19(21)22/h8-9,11,14,16H,5-7,10,12-13H2,1-4H3,(H,21,22). The van der Waals surface area contributed by atoms with E-state index < -0.39 is 11.9 Å². The Bertz CT molecular complexity index is 549. The number of unbranched alkanes of at least 4 members (excludes halogenated alkanes) is 1. The predicted octanol–water partition coefficient (Wildman–Crippen LogP) is 5.10. The molecule has 0 saturated heterocycles. The van der Waals surface area contributed by atoms with Gasteiger partial charge in [0.2, 0.25) is 0 Å². The van der Waals surface area contributed by atoms with E-state index in [1.54, 1.807) is 18.2 Å². The van der Waals surface area contributed by atoms with Crippen molar-refractivity contribution in [3.05, 3.63) is 34.9 Å². The summed E-state index contributed by atoms with van der Waals surface area (Å²) in [5, 5.41) is 9.47. The molecule has 0 heterocycles. The van der Waals surface area contributed by atoms with Crippen molar-refractivity contribution in [2.24, 2.45) is 5.92 Å². The highest BCUT2D eigenvalue weighted by atomic mass is 16.5. The van der Waals surface area contributed by atoms with E-state index in [0.29, 0.717) is 17.9 Å². The van der Waals surface area contributed by atoms with Crippen LogP contribution in [0, 0.1) is 5.92 Å². The van der Waals surface area contributed by atoms with Gasteiger partial charge in [-0.3, -0.25) is 0 Å². The second-order valence-electron chi connectivity index (χ2n) is 6.64. The third-order valence-electron chi connectivity index (χ3n) is 4.18. The Morgan fingerprint density at radius 3 is 2.38 bits per heavy atom. The second-order valence-corrected chi connectivity index (χ2v) is 6.64. The number of carboxylic acid groups (broad SMARTS) is 1. The summed E-state index contributed by atoms with van der Waals surface area (Å²) in [5.41, 5.74) is 0.889. The number of rotatable bonds is 10. The number of hydrogen-bond donors (Lipinski definition) is 1. The molecule has 0 radical (unpaired) electrons. The molecule has 1 unspecified atom stereocenters. The molecule has 1 rings (SSSR count). The van der Waals surface area contributed by atoms with Crippen LogP contribution in [0.3, 0.4) is 0 Å². The van der Waals surface area contributed by atoms with E-state index >= 15 is 0 Å². The van der Waals surface area contributed by atoms with Gasteiger partial charge in [0, 0.05) is 0 Å². The number of aromatic carboxylic acids is 1. The van der Waals surface area contributed by atoms with Crippen molar-refractivity contribution in [2.45, 2.75) is 72.3 Å². The fraction of sp³-hybridized carbons (Fsp3) is 0.600. The van der Waals surface area contributed by atoms with Gasteiger partial charge in [-0.2, -0.15) is 0 Å². The topological polar surface area (TPSA) is 63.6 Å². The van der Waals surface area contributed by atoms with Crippen LogP contribution in [-0.2, 0) is 11.2 Å². The van der Waals surface area contributed by atoms with E-state index in [-0.39, 0.29) is 17.2 Å². The average Bonchev–Trinajstić information content (AvgIpc) is 2.55. The maximum atomic E-state index is 12.6. The predicted molar refractivity (Wildman–Crippen MR) is 95.6 cm³/mol. The molecule has 0 bridgehead atoms. The SMILES string of the molecule is CCCCC(CCC(C)C)OC(=O)c1cccc(CC)c1C(=O)O. The Morgan fingerprint density at radius 2 is 1.83 bits per heavy atom. The Kier molecular flexibility index (Phi) is 8.51. The van der Waals surface area contributed by atoms with Crippen LogP contribution < -0.4 is 0 Å². The van der Waals surface area contributed by atoms with E-state index in [4.69, 9.17) is 4.74 Å². The number of ether oxygens (including phenoxy) is 1. The van der Waals surface area contributed by atoms with Gasteiger partial charge < -0.3 is 9.84 Å². The molecule has 4 heteroatoms. The smallest absolute Gasteiger partial charge is 0.339 e. The quantitative estimate of drug-likeness (QED) is 0.605. The molecule has 1 N–H and O–H groups in total. The fourth-order valence-corrected chi connectivity index (χ4v) is 2.75. The van der Waals surface area contributed by atoms with Crippen molar-refractivity contribution in [3.8, 4) is 0 Å². The third kappa shape index (κ3) is 5.99. The van der Waals surface area contributed by atoms with Crippen LogP contribution in [-0.4, -0.2) is 23.1 Å².